The third-order valence-corrected chi connectivity index (χ3v) is 3.38. The van der Waals surface area contributed by atoms with E-state index >= 15 is 0 Å². The molecule has 3 rings (SSSR count). The molecule has 0 fully saturated rings. The molecule has 6 heteroatoms. The van der Waals surface area contributed by atoms with Crippen LogP contribution >= 0.6 is 0 Å². The lowest BCUT2D eigenvalue weighted by Crippen LogP contribution is -2.32. The average Bonchev–Trinajstić information content (AvgIpc) is 3.06. The van der Waals surface area contributed by atoms with Gasteiger partial charge in [-0.1, -0.05) is 0 Å². The Morgan fingerprint density at radius 1 is 1.35 bits per heavy atom. The van der Waals surface area contributed by atoms with Crippen LogP contribution < -0.4 is 4.90 Å². The Morgan fingerprint density at radius 2 is 2.20 bits per heavy atom. The van der Waals surface area contributed by atoms with E-state index in [1.54, 1.807) is 40.2 Å². The van der Waals surface area contributed by atoms with E-state index in [-0.39, 0.29) is 18.0 Å². The molecule has 0 aliphatic carbocycles. The molecule has 1 aliphatic rings. The van der Waals surface area contributed by atoms with Gasteiger partial charge in [0.2, 0.25) is 5.91 Å². The van der Waals surface area contributed by atoms with Gasteiger partial charge in [-0.05, 0) is 36.2 Å². The van der Waals surface area contributed by atoms with Crippen molar-refractivity contribution in [1.82, 2.24) is 9.78 Å². The summed E-state index contributed by atoms with van der Waals surface area (Å²) >= 11 is 0. The number of aromatic nitrogens is 2. The topological polar surface area (TPSA) is 75.4 Å². The molecular formula is C14H13N3O3. The number of rotatable bonds is 3. The summed E-state index contributed by atoms with van der Waals surface area (Å²) in [7, 11) is 0. The van der Waals surface area contributed by atoms with E-state index in [9.17, 15) is 9.59 Å². The van der Waals surface area contributed by atoms with Crippen LogP contribution in [-0.2, 0) is 17.8 Å². The first kappa shape index (κ1) is 12.4. The van der Waals surface area contributed by atoms with Crippen molar-refractivity contribution in [3.05, 3.63) is 47.8 Å². The molecule has 0 spiro atoms. The maximum atomic E-state index is 12.2. The summed E-state index contributed by atoms with van der Waals surface area (Å²) in [5.41, 5.74) is 1.95. The number of nitrogens with zero attached hydrogens (tertiary/aromatic N) is 3. The van der Waals surface area contributed by atoms with Crippen LogP contribution in [0.4, 0.5) is 5.69 Å². The molecule has 2 aromatic rings. The minimum atomic E-state index is -0.950. The molecule has 0 saturated carbocycles. The predicted molar refractivity (Wildman–Crippen MR) is 71.7 cm³/mol. The van der Waals surface area contributed by atoms with E-state index in [1.165, 1.54) is 6.07 Å². The van der Waals surface area contributed by atoms with Gasteiger partial charge in [-0.15, -0.1) is 0 Å². The van der Waals surface area contributed by atoms with Crippen LogP contribution in [0.25, 0.3) is 0 Å². The Morgan fingerprint density at radius 3 is 2.90 bits per heavy atom. The molecule has 0 radical (unpaired) electrons. The fourth-order valence-corrected chi connectivity index (χ4v) is 2.41. The molecule has 1 amide bonds. The highest BCUT2D eigenvalue weighted by Gasteiger charge is 2.25. The van der Waals surface area contributed by atoms with Crippen LogP contribution in [0.5, 0.6) is 0 Å². The number of benzene rings is 1. The number of hydrogen-bond acceptors (Lipinski definition) is 3. The van der Waals surface area contributed by atoms with Gasteiger partial charge in [0.05, 0.1) is 5.56 Å². The highest BCUT2D eigenvalue weighted by Crippen LogP contribution is 2.29. The van der Waals surface area contributed by atoms with Crippen LogP contribution in [0.1, 0.15) is 15.9 Å². The van der Waals surface area contributed by atoms with Gasteiger partial charge in [0.25, 0.3) is 0 Å². The van der Waals surface area contributed by atoms with Crippen molar-refractivity contribution in [1.29, 1.82) is 0 Å². The fraction of sp³-hybridized carbons (Fsp3) is 0.214. The molecule has 0 atom stereocenters. The second-order valence-corrected chi connectivity index (χ2v) is 4.65. The van der Waals surface area contributed by atoms with Gasteiger partial charge < -0.3 is 10.0 Å². The quantitative estimate of drug-likeness (QED) is 0.909. The van der Waals surface area contributed by atoms with Crippen LogP contribution in [0.3, 0.4) is 0 Å². The number of aromatic carboxylic acids is 1. The van der Waals surface area contributed by atoms with Crippen molar-refractivity contribution >= 4 is 17.6 Å². The third-order valence-electron chi connectivity index (χ3n) is 3.38. The van der Waals surface area contributed by atoms with Crippen molar-refractivity contribution in [2.45, 2.75) is 13.0 Å². The number of carboxylic acid groups (broad SMARTS) is 1. The van der Waals surface area contributed by atoms with Gasteiger partial charge >= 0.3 is 5.97 Å². The Hall–Kier alpha value is -2.63. The molecule has 0 saturated heterocycles. The molecular weight excluding hydrogens is 258 g/mol. The minimum Gasteiger partial charge on any atom is -0.478 e. The maximum Gasteiger partial charge on any atom is 0.335 e. The lowest BCUT2D eigenvalue weighted by molar-refractivity contribution is -0.119. The molecule has 1 N–H and O–H groups in total. The number of fused-ring (bicyclic) bond motifs is 1. The molecule has 20 heavy (non-hydrogen) atoms. The zero-order valence-electron chi connectivity index (χ0n) is 10.7. The summed E-state index contributed by atoms with van der Waals surface area (Å²) in [6, 6.07) is 6.64. The summed E-state index contributed by atoms with van der Waals surface area (Å²) in [5.74, 6) is -0.996. The second-order valence-electron chi connectivity index (χ2n) is 4.65. The van der Waals surface area contributed by atoms with Gasteiger partial charge in [-0.2, -0.15) is 5.10 Å². The first-order chi connectivity index (χ1) is 9.65. The Kier molecular flexibility index (Phi) is 2.98. The highest BCUT2D eigenvalue weighted by atomic mass is 16.4. The van der Waals surface area contributed by atoms with Crippen LogP contribution in [0.2, 0.25) is 0 Å². The third kappa shape index (κ3) is 2.16. The number of carbonyl (C=O) groups excluding carboxylic acids is 1. The van der Waals surface area contributed by atoms with Gasteiger partial charge in [0.1, 0.15) is 6.54 Å². The average molecular weight is 271 g/mol. The predicted octanol–water partition coefficient (Wildman–Crippen LogP) is 1.17. The van der Waals surface area contributed by atoms with E-state index in [1.807, 2.05) is 0 Å². The number of hydrogen-bond donors (Lipinski definition) is 1. The molecule has 1 aliphatic heterocycles. The number of anilines is 1. The summed E-state index contributed by atoms with van der Waals surface area (Å²) in [4.78, 5) is 24.9. The molecule has 2 heterocycles. The lowest BCUT2D eigenvalue weighted by Gasteiger charge is -2.17. The molecule has 1 aromatic carbocycles. The SMILES string of the molecule is O=C(O)c1ccc2c(c1)CCN2C(=O)Cn1cccn1. The van der Waals surface area contributed by atoms with Crippen molar-refractivity contribution in [3.8, 4) is 0 Å². The largest absolute Gasteiger partial charge is 0.478 e. The fourth-order valence-electron chi connectivity index (χ4n) is 2.41. The first-order valence-corrected chi connectivity index (χ1v) is 6.29. The zero-order chi connectivity index (χ0) is 14.1. The van der Waals surface area contributed by atoms with E-state index in [4.69, 9.17) is 5.11 Å². The smallest absolute Gasteiger partial charge is 0.335 e. The standard InChI is InChI=1S/C14H13N3O3/c18-13(9-16-6-1-5-15-16)17-7-4-10-8-11(14(19)20)2-3-12(10)17/h1-3,5-6,8H,4,7,9H2,(H,19,20). The highest BCUT2D eigenvalue weighted by molar-refractivity contribution is 5.96. The summed E-state index contributed by atoms with van der Waals surface area (Å²) in [6.07, 6.45) is 4.05. The van der Waals surface area contributed by atoms with E-state index in [0.717, 1.165) is 11.3 Å². The van der Waals surface area contributed by atoms with Crippen molar-refractivity contribution in [3.63, 3.8) is 0 Å². The molecule has 0 unspecified atom stereocenters. The van der Waals surface area contributed by atoms with Crippen LogP contribution in [0.15, 0.2) is 36.7 Å². The van der Waals surface area contributed by atoms with Crippen LogP contribution in [-0.4, -0.2) is 33.3 Å². The minimum absolute atomic E-state index is 0.0458. The molecule has 6 nitrogen and oxygen atoms in total. The number of amides is 1. The van der Waals surface area contributed by atoms with Crippen molar-refractivity contribution in [2.24, 2.45) is 0 Å². The number of carbonyl (C=O) groups is 2. The molecule has 0 bridgehead atoms. The normalized spacial score (nSPS) is 13.3. The van der Waals surface area contributed by atoms with Gasteiger partial charge in [0, 0.05) is 24.6 Å². The Labute approximate surface area is 115 Å². The van der Waals surface area contributed by atoms with E-state index in [2.05, 4.69) is 5.10 Å². The lowest BCUT2D eigenvalue weighted by atomic mass is 10.1. The second kappa shape index (κ2) is 4.80. The van der Waals surface area contributed by atoms with E-state index < -0.39 is 5.97 Å². The van der Waals surface area contributed by atoms with Gasteiger partial charge in [-0.3, -0.25) is 9.48 Å². The van der Waals surface area contributed by atoms with Crippen molar-refractivity contribution in [2.75, 3.05) is 11.4 Å². The Bertz CT molecular complexity index is 664. The van der Waals surface area contributed by atoms with E-state index in [0.29, 0.717) is 13.0 Å². The van der Waals surface area contributed by atoms with Gasteiger partial charge in [0.15, 0.2) is 0 Å². The Balaban J connectivity index is 1.82. The monoisotopic (exact) mass is 271 g/mol. The number of carboxylic acids is 1. The zero-order valence-corrected chi connectivity index (χ0v) is 10.7. The maximum absolute atomic E-state index is 12.2. The van der Waals surface area contributed by atoms with Crippen molar-refractivity contribution < 1.29 is 14.7 Å². The summed E-state index contributed by atoms with van der Waals surface area (Å²) in [6.45, 7) is 0.769. The van der Waals surface area contributed by atoms with Crippen LogP contribution in [0, 0.1) is 0 Å². The molecule has 1 aromatic heterocycles. The first-order valence-electron chi connectivity index (χ1n) is 6.29. The summed E-state index contributed by atoms with van der Waals surface area (Å²) < 4.78 is 1.58. The summed E-state index contributed by atoms with van der Waals surface area (Å²) in [5, 5.41) is 13.0. The molecule has 102 valence electrons. The van der Waals surface area contributed by atoms with Gasteiger partial charge in [-0.25, -0.2) is 4.79 Å².